The molecule has 0 fully saturated rings. The largest absolute Gasteiger partial charge is 0.493 e. The zero-order chi connectivity index (χ0) is 15.2. The van der Waals surface area contributed by atoms with Gasteiger partial charge in [-0.15, -0.1) is 11.3 Å². The lowest BCUT2D eigenvalue weighted by Gasteiger charge is -2.09. The summed E-state index contributed by atoms with van der Waals surface area (Å²) in [7, 11) is 1.38. The minimum Gasteiger partial charge on any atom is -0.493 e. The van der Waals surface area contributed by atoms with Gasteiger partial charge in [-0.25, -0.2) is 4.98 Å². The molecule has 1 N–H and O–H groups in total. The smallest absolute Gasteiger partial charge is 0.387 e. The normalized spacial score (nSPS) is 11.1. The summed E-state index contributed by atoms with van der Waals surface area (Å²) in [4.78, 5) is 4.19. The summed E-state index contributed by atoms with van der Waals surface area (Å²) in [6.45, 7) is -1.01. The molecule has 5 nitrogen and oxygen atoms in total. The first kappa shape index (κ1) is 15.2. The van der Waals surface area contributed by atoms with Crippen LogP contribution in [-0.4, -0.2) is 24.9 Å². The van der Waals surface area contributed by atoms with E-state index in [1.54, 1.807) is 12.1 Å². The number of alkyl halides is 2. The number of hydrogen-bond acceptors (Lipinski definition) is 6. The molecule has 1 aromatic carbocycles. The van der Waals surface area contributed by atoms with Crippen LogP contribution in [0.1, 0.15) is 11.3 Å². The molecule has 0 amide bonds. The number of thiazole rings is 1. The molecule has 2 aromatic rings. The lowest BCUT2D eigenvalue weighted by atomic mass is 10.2. The van der Waals surface area contributed by atoms with Gasteiger partial charge >= 0.3 is 6.61 Å². The minimum atomic E-state index is -2.90. The van der Waals surface area contributed by atoms with Crippen molar-refractivity contribution in [1.29, 1.82) is 0 Å². The molecule has 0 spiro atoms. The van der Waals surface area contributed by atoms with E-state index in [1.165, 1.54) is 30.7 Å². The molecule has 0 aliphatic carbocycles. The number of aromatic nitrogens is 1. The Bertz CT molecular complexity index is 632. The summed E-state index contributed by atoms with van der Waals surface area (Å²) in [6, 6.07) is 4.55. The first-order valence-electron chi connectivity index (χ1n) is 5.92. The van der Waals surface area contributed by atoms with Crippen molar-refractivity contribution in [2.75, 3.05) is 12.5 Å². The average molecular weight is 313 g/mol. The van der Waals surface area contributed by atoms with Crippen LogP contribution >= 0.6 is 11.3 Å². The Hall–Kier alpha value is -2.22. The maximum absolute atomic E-state index is 12.2. The van der Waals surface area contributed by atoms with E-state index in [2.05, 4.69) is 20.2 Å². The van der Waals surface area contributed by atoms with Crippen molar-refractivity contribution >= 4 is 22.7 Å². The zero-order valence-electron chi connectivity index (χ0n) is 11.3. The average Bonchev–Trinajstić information content (AvgIpc) is 2.85. The third-order valence-corrected chi connectivity index (χ3v) is 3.26. The Balaban J connectivity index is 2.06. The van der Waals surface area contributed by atoms with Gasteiger partial charge in [-0.3, -0.25) is 5.43 Å². The second kappa shape index (κ2) is 6.98. The molecule has 0 bridgehead atoms. The van der Waals surface area contributed by atoms with Crippen molar-refractivity contribution < 1.29 is 18.3 Å². The molecular formula is C13H13F2N3O2S. The van der Waals surface area contributed by atoms with Gasteiger partial charge in [0.2, 0.25) is 5.13 Å². The number of aryl methyl sites for hydroxylation is 1. The Morgan fingerprint density at radius 1 is 1.38 bits per heavy atom. The number of nitrogens with one attached hydrogen (secondary N) is 1. The van der Waals surface area contributed by atoms with E-state index in [0.717, 1.165) is 5.69 Å². The van der Waals surface area contributed by atoms with Crippen LogP contribution in [0.4, 0.5) is 13.9 Å². The summed E-state index contributed by atoms with van der Waals surface area (Å²) in [5, 5.41) is 6.59. The molecule has 0 saturated heterocycles. The molecule has 1 aromatic heterocycles. The highest BCUT2D eigenvalue weighted by atomic mass is 32.1. The quantitative estimate of drug-likeness (QED) is 0.655. The number of rotatable bonds is 6. The first-order chi connectivity index (χ1) is 10.1. The van der Waals surface area contributed by atoms with E-state index in [4.69, 9.17) is 4.74 Å². The van der Waals surface area contributed by atoms with Crippen molar-refractivity contribution in [2.45, 2.75) is 13.5 Å². The maximum Gasteiger partial charge on any atom is 0.387 e. The molecule has 0 aliphatic rings. The van der Waals surface area contributed by atoms with Crippen LogP contribution < -0.4 is 14.9 Å². The summed E-state index contributed by atoms with van der Waals surface area (Å²) < 4.78 is 33.8. The fraction of sp³-hybridized carbons (Fsp3) is 0.231. The zero-order valence-corrected chi connectivity index (χ0v) is 12.2. The second-order valence-corrected chi connectivity index (χ2v) is 4.81. The van der Waals surface area contributed by atoms with E-state index in [1.807, 2.05) is 12.3 Å². The highest BCUT2D eigenvalue weighted by Gasteiger charge is 2.10. The van der Waals surface area contributed by atoms with Crippen molar-refractivity contribution in [1.82, 2.24) is 4.98 Å². The van der Waals surface area contributed by atoms with E-state index >= 15 is 0 Å². The van der Waals surface area contributed by atoms with Crippen molar-refractivity contribution in [3.63, 3.8) is 0 Å². The third-order valence-electron chi connectivity index (χ3n) is 2.40. The van der Waals surface area contributed by atoms with Gasteiger partial charge in [0.25, 0.3) is 0 Å². The predicted molar refractivity (Wildman–Crippen MR) is 77.7 cm³/mol. The van der Waals surface area contributed by atoms with Crippen LogP contribution in [0.2, 0.25) is 0 Å². The number of hydrogen-bond donors (Lipinski definition) is 1. The number of nitrogens with zero attached hydrogens (tertiary/aromatic N) is 2. The molecule has 0 atom stereocenters. The van der Waals surface area contributed by atoms with Crippen molar-refractivity contribution in [3.8, 4) is 11.5 Å². The van der Waals surface area contributed by atoms with E-state index < -0.39 is 6.61 Å². The van der Waals surface area contributed by atoms with Gasteiger partial charge in [-0.05, 0) is 30.7 Å². The molecule has 0 unspecified atom stereocenters. The van der Waals surface area contributed by atoms with Crippen LogP contribution in [0.5, 0.6) is 11.5 Å². The van der Waals surface area contributed by atoms with Gasteiger partial charge < -0.3 is 9.47 Å². The molecule has 21 heavy (non-hydrogen) atoms. The summed E-state index contributed by atoms with van der Waals surface area (Å²) in [6.07, 6.45) is 1.53. The van der Waals surface area contributed by atoms with E-state index in [-0.39, 0.29) is 11.5 Å². The fourth-order valence-corrected chi connectivity index (χ4v) is 2.16. The minimum absolute atomic E-state index is 0.0202. The molecule has 8 heteroatoms. The van der Waals surface area contributed by atoms with Crippen LogP contribution in [0.3, 0.4) is 0 Å². The second-order valence-electron chi connectivity index (χ2n) is 3.95. The number of benzene rings is 1. The first-order valence-corrected chi connectivity index (χ1v) is 6.80. The van der Waals surface area contributed by atoms with Crippen LogP contribution in [-0.2, 0) is 0 Å². The topological polar surface area (TPSA) is 55.7 Å². The van der Waals surface area contributed by atoms with Gasteiger partial charge in [0.1, 0.15) is 0 Å². The Kier molecular flexibility index (Phi) is 5.04. The summed E-state index contributed by atoms with van der Waals surface area (Å²) >= 11 is 1.44. The maximum atomic E-state index is 12.2. The molecule has 0 saturated carbocycles. The summed E-state index contributed by atoms with van der Waals surface area (Å²) in [5.74, 6) is 0.192. The monoisotopic (exact) mass is 313 g/mol. The Morgan fingerprint density at radius 2 is 2.19 bits per heavy atom. The summed E-state index contributed by atoms with van der Waals surface area (Å²) in [5.41, 5.74) is 4.37. The number of anilines is 1. The van der Waals surface area contributed by atoms with Gasteiger partial charge in [-0.2, -0.15) is 13.9 Å². The van der Waals surface area contributed by atoms with Gasteiger partial charge in [0, 0.05) is 5.38 Å². The van der Waals surface area contributed by atoms with Crippen LogP contribution in [0, 0.1) is 6.92 Å². The molecule has 0 radical (unpaired) electrons. The van der Waals surface area contributed by atoms with Crippen LogP contribution in [0.25, 0.3) is 0 Å². The van der Waals surface area contributed by atoms with Crippen molar-refractivity contribution in [3.05, 3.63) is 34.8 Å². The molecule has 2 rings (SSSR count). The predicted octanol–water partition coefficient (Wildman–Crippen LogP) is 3.51. The number of ether oxygens (including phenoxy) is 2. The van der Waals surface area contributed by atoms with Crippen molar-refractivity contribution in [2.24, 2.45) is 5.10 Å². The Labute approximate surface area is 124 Å². The SMILES string of the molecule is COc1cc(C=NNc2nc(C)cs2)ccc1OC(F)F. The standard InChI is InChI=1S/C13H13F2N3O2S/c1-8-7-21-13(17-8)18-16-6-9-3-4-10(20-12(14)15)11(5-9)19-2/h3-7,12H,1-2H3,(H,17,18). The molecular weight excluding hydrogens is 300 g/mol. The molecule has 112 valence electrons. The van der Waals surface area contributed by atoms with Crippen LogP contribution in [0.15, 0.2) is 28.7 Å². The third kappa shape index (κ3) is 4.38. The van der Waals surface area contributed by atoms with E-state index in [9.17, 15) is 8.78 Å². The fourth-order valence-electron chi connectivity index (χ4n) is 1.53. The number of methoxy groups -OCH3 is 1. The Morgan fingerprint density at radius 3 is 2.81 bits per heavy atom. The number of hydrazone groups is 1. The van der Waals surface area contributed by atoms with Gasteiger partial charge in [0.05, 0.1) is 19.0 Å². The molecule has 0 aliphatic heterocycles. The lowest BCUT2D eigenvalue weighted by Crippen LogP contribution is -2.03. The van der Waals surface area contributed by atoms with Gasteiger partial charge in [-0.1, -0.05) is 0 Å². The highest BCUT2D eigenvalue weighted by Crippen LogP contribution is 2.28. The van der Waals surface area contributed by atoms with E-state index in [0.29, 0.717) is 10.7 Å². The van der Waals surface area contributed by atoms with Gasteiger partial charge in [0.15, 0.2) is 11.5 Å². The lowest BCUT2D eigenvalue weighted by molar-refractivity contribution is -0.0512. The molecule has 1 heterocycles. The number of halogens is 2. The highest BCUT2D eigenvalue weighted by molar-refractivity contribution is 7.13.